The van der Waals surface area contributed by atoms with Crippen LogP contribution in [-0.4, -0.2) is 30.2 Å². The number of hydrogen-bond acceptors (Lipinski definition) is 3. The molecule has 1 aliphatic rings. The molecule has 3 aromatic carbocycles. The zero-order valence-electron chi connectivity index (χ0n) is 17.6. The topological polar surface area (TPSA) is 46.5 Å². The van der Waals surface area contributed by atoms with E-state index in [0.717, 1.165) is 22.5 Å². The molecule has 1 fully saturated rings. The minimum absolute atomic E-state index is 0.00840. The van der Waals surface area contributed by atoms with E-state index in [4.69, 9.17) is 4.74 Å². The Morgan fingerprint density at radius 2 is 1.75 bits per heavy atom. The monoisotopic (exact) mass is 429 g/mol. The van der Waals surface area contributed by atoms with Gasteiger partial charge in [0.05, 0.1) is 6.61 Å². The van der Waals surface area contributed by atoms with E-state index >= 15 is 0 Å². The summed E-state index contributed by atoms with van der Waals surface area (Å²) in [5.74, 6) is -0.231. The zero-order valence-corrected chi connectivity index (χ0v) is 17.6. The molecule has 0 atom stereocenters. The van der Waals surface area contributed by atoms with E-state index in [1.54, 1.807) is 4.90 Å². The Hall–Kier alpha value is -3.64. The van der Waals surface area contributed by atoms with Crippen molar-refractivity contribution in [2.75, 3.05) is 30.0 Å². The van der Waals surface area contributed by atoms with Gasteiger partial charge in [0.1, 0.15) is 12.4 Å². The molecule has 4 aromatic rings. The van der Waals surface area contributed by atoms with Crippen LogP contribution in [0.15, 0.2) is 79.0 Å². The van der Waals surface area contributed by atoms with Gasteiger partial charge in [-0.15, -0.1) is 0 Å². The van der Waals surface area contributed by atoms with E-state index in [0.29, 0.717) is 26.2 Å². The maximum atomic E-state index is 13.3. The molecule has 0 bridgehead atoms. The molecule has 32 heavy (non-hydrogen) atoms. The molecule has 1 saturated heterocycles. The lowest BCUT2D eigenvalue weighted by molar-refractivity contribution is -0.125. The molecule has 6 heteroatoms. The Morgan fingerprint density at radius 3 is 2.53 bits per heavy atom. The Morgan fingerprint density at radius 1 is 0.969 bits per heavy atom. The van der Waals surface area contributed by atoms with Crippen LogP contribution in [-0.2, 0) is 22.6 Å². The second kappa shape index (κ2) is 8.85. The molecule has 1 aromatic heterocycles. The molecular weight excluding hydrogens is 405 g/mol. The van der Waals surface area contributed by atoms with E-state index in [2.05, 4.69) is 28.2 Å². The summed E-state index contributed by atoms with van der Waals surface area (Å²) in [6.07, 6.45) is 2.15. The Kier molecular flexibility index (Phi) is 5.60. The summed E-state index contributed by atoms with van der Waals surface area (Å²) >= 11 is 0. The maximum absolute atomic E-state index is 13.3. The van der Waals surface area contributed by atoms with Crippen molar-refractivity contribution in [2.24, 2.45) is 0 Å². The number of para-hydroxylation sites is 1. The number of aromatic nitrogens is 1. The molecule has 0 spiro atoms. The lowest BCUT2D eigenvalue weighted by Gasteiger charge is -2.27. The van der Waals surface area contributed by atoms with Gasteiger partial charge < -0.3 is 19.5 Å². The molecule has 1 amide bonds. The summed E-state index contributed by atoms with van der Waals surface area (Å²) in [6, 6.07) is 22.9. The van der Waals surface area contributed by atoms with Gasteiger partial charge in [-0.2, -0.15) is 0 Å². The molecule has 0 radical (unpaired) electrons. The quantitative estimate of drug-likeness (QED) is 0.479. The highest BCUT2D eigenvalue weighted by Crippen LogP contribution is 2.25. The number of benzene rings is 3. The first-order valence-electron chi connectivity index (χ1n) is 10.7. The van der Waals surface area contributed by atoms with Crippen LogP contribution in [0.1, 0.15) is 11.1 Å². The fraction of sp³-hybridized carbons (Fsp3) is 0.192. The number of nitrogens with one attached hydrogen (secondary N) is 1. The highest BCUT2D eigenvalue weighted by Gasteiger charge is 2.19. The van der Waals surface area contributed by atoms with Gasteiger partial charge in [-0.1, -0.05) is 30.3 Å². The van der Waals surface area contributed by atoms with E-state index < -0.39 is 0 Å². The summed E-state index contributed by atoms with van der Waals surface area (Å²) in [6.45, 7) is 2.64. The lowest BCUT2D eigenvalue weighted by atomic mass is 10.1. The Bertz CT molecular complexity index is 1230. The average molecular weight is 429 g/mol. The summed E-state index contributed by atoms with van der Waals surface area (Å²) in [4.78, 5) is 13.8. The summed E-state index contributed by atoms with van der Waals surface area (Å²) in [5.41, 5.74) is 5.27. The molecule has 0 unspecified atom stereocenters. The second-order valence-electron chi connectivity index (χ2n) is 7.92. The van der Waals surface area contributed by atoms with Gasteiger partial charge in [0.15, 0.2) is 0 Å². The number of amides is 1. The van der Waals surface area contributed by atoms with Gasteiger partial charge >= 0.3 is 0 Å². The highest BCUT2D eigenvalue weighted by molar-refractivity contribution is 5.95. The zero-order chi connectivity index (χ0) is 21.9. The number of fused-ring (bicyclic) bond motifs is 1. The van der Waals surface area contributed by atoms with Crippen molar-refractivity contribution < 1.29 is 13.9 Å². The third kappa shape index (κ3) is 4.22. The number of morpholine rings is 1. The van der Waals surface area contributed by atoms with Gasteiger partial charge in [0.25, 0.3) is 5.91 Å². The van der Waals surface area contributed by atoms with Crippen LogP contribution in [0.25, 0.3) is 10.9 Å². The number of carbonyl (C=O) groups is 1. The van der Waals surface area contributed by atoms with Gasteiger partial charge in [-0.25, -0.2) is 4.39 Å². The number of nitrogens with zero attached hydrogens (tertiary/aromatic N) is 2. The predicted octanol–water partition coefficient (Wildman–Crippen LogP) is 4.80. The number of hydrogen-bond donors (Lipinski definition) is 1. The highest BCUT2D eigenvalue weighted by atomic mass is 19.1. The van der Waals surface area contributed by atoms with Crippen molar-refractivity contribution in [1.82, 2.24) is 4.57 Å². The normalized spacial score (nSPS) is 14.2. The van der Waals surface area contributed by atoms with Crippen molar-refractivity contribution in [2.45, 2.75) is 13.1 Å². The molecule has 2 heterocycles. The fourth-order valence-electron chi connectivity index (χ4n) is 4.13. The van der Waals surface area contributed by atoms with Crippen LogP contribution in [0.4, 0.5) is 15.8 Å². The van der Waals surface area contributed by atoms with Gasteiger partial charge in [-0.3, -0.25) is 4.79 Å². The Labute approximate surface area is 186 Å². The van der Waals surface area contributed by atoms with Crippen LogP contribution in [0.2, 0.25) is 0 Å². The molecule has 0 saturated carbocycles. The smallest absolute Gasteiger partial charge is 0.253 e. The van der Waals surface area contributed by atoms with E-state index in [1.165, 1.54) is 23.1 Å². The molecule has 162 valence electrons. The van der Waals surface area contributed by atoms with Crippen LogP contribution in [0.5, 0.6) is 0 Å². The number of carbonyl (C=O) groups excluding carboxylic acids is 1. The first-order valence-corrected chi connectivity index (χ1v) is 10.7. The van der Waals surface area contributed by atoms with Crippen molar-refractivity contribution in [3.63, 3.8) is 0 Å². The lowest BCUT2D eigenvalue weighted by Crippen LogP contribution is -2.41. The average Bonchev–Trinajstić information content (AvgIpc) is 3.17. The third-order valence-electron chi connectivity index (χ3n) is 5.79. The number of anilines is 2. The SMILES string of the molecule is O=C1COCCN1c1ccc(NCc2cn(Cc3ccc(F)cc3)c3ccccc23)cc1. The van der Waals surface area contributed by atoms with Gasteiger partial charge in [-0.05, 0) is 53.6 Å². The van der Waals surface area contributed by atoms with E-state index in [-0.39, 0.29) is 18.3 Å². The van der Waals surface area contributed by atoms with Crippen molar-refractivity contribution >= 4 is 28.2 Å². The van der Waals surface area contributed by atoms with Crippen LogP contribution in [0.3, 0.4) is 0 Å². The Balaban J connectivity index is 1.32. The van der Waals surface area contributed by atoms with Crippen LogP contribution in [0, 0.1) is 5.82 Å². The molecule has 5 nitrogen and oxygen atoms in total. The number of halogens is 1. The van der Waals surface area contributed by atoms with Gasteiger partial charge in [0, 0.05) is 48.1 Å². The largest absolute Gasteiger partial charge is 0.381 e. The summed E-state index contributed by atoms with van der Waals surface area (Å²) < 4.78 is 20.7. The maximum Gasteiger partial charge on any atom is 0.253 e. The van der Waals surface area contributed by atoms with Crippen molar-refractivity contribution in [1.29, 1.82) is 0 Å². The first kappa shape index (κ1) is 20.3. The van der Waals surface area contributed by atoms with E-state index in [9.17, 15) is 9.18 Å². The standard InChI is InChI=1S/C26H24FN3O2/c27-21-7-5-19(6-8-21)16-29-17-20(24-3-1-2-4-25(24)29)15-28-22-9-11-23(12-10-22)30-13-14-32-18-26(30)31/h1-12,17,28H,13-16,18H2. The molecular formula is C26H24FN3O2. The molecule has 1 aliphatic heterocycles. The number of ether oxygens (including phenoxy) is 1. The predicted molar refractivity (Wildman–Crippen MR) is 124 cm³/mol. The molecule has 0 aliphatic carbocycles. The second-order valence-corrected chi connectivity index (χ2v) is 7.92. The van der Waals surface area contributed by atoms with Crippen molar-refractivity contribution in [3.8, 4) is 0 Å². The summed E-state index contributed by atoms with van der Waals surface area (Å²) in [7, 11) is 0. The first-order chi connectivity index (χ1) is 15.7. The number of rotatable bonds is 6. The van der Waals surface area contributed by atoms with Gasteiger partial charge in [0.2, 0.25) is 0 Å². The molecule has 5 rings (SSSR count). The fourth-order valence-corrected chi connectivity index (χ4v) is 4.13. The minimum Gasteiger partial charge on any atom is -0.381 e. The molecule has 1 N–H and O–H groups in total. The van der Waals surface area contributed by atoms with Crippen molar-refractivity contribution in [3.05, 3.63) is 95.9 Å². The van der Waals surface area contributed by atoms with Crippen LogP contribution < -0.4 is 10.2 Å². The minimum atomic E-state index is -0.222. The third-order valence-corrected chi connectivity index (χ3v) is 5.79. The summed E-state index contributed by atoms with van der Waals surface area (Å²) in [5, 5.41) is 4.68. The van der Waals surface area contributed by atoms with E-state index in [1.807, 2.05) is 48.5 Å². The van der Waals surface area contributed by atoms with Crippen LogP contribution >= 0.6 is 0 Å².